The summed E-state index contributed by atoms with van der Waals surface area (Å²) in [6, 6.07) is 4.65. The number of benzene rings is 1. The molecule has 3 aromatic rings. The Bertz CT molecular complexity index is 790. The second kappa shape index (κ2) is 5.94. The van der Waals surface area contributed by atoms with Gasteiger partial charge in [0, 0.05) is 30.3 Å². The van der Waals surface area contributed by atoms with E-state index in [1.807, 2.05) is 0 Å². The molecular formula is C14H15FN6O. The number of aromatic nitrogens is 4. The highest BCUT2D eigenvalue weighted by Crippen LogP contribution is 2.29. The van der Waals surface area contributed by atoms with Crippen LogP contribution in [-0.4, -0.2) is 38.4 Å². The maximum atomic E-state index is 14.3. The highest BCUT2D eigenvalue weighted by atomic mass is 19.1. The molecule has 114 valence electrons. The molecule has 1 aromatic carbocycles. The largest absolute Gasteiger partial charge is 0.396 e. The lowest BCUT2D eigenvalue weighted by Crippen LogP contribution is -2.08. The summed E-state index contributed by atoms with van der Waals surface area (Å²) >= 11 is 0. The number of rotatable bonds is 5. The zero-order valence-electron chi connectivity index (χ0n) is 11.7. The molecule has 0 aliphatic heterocycles. The molecule has 2 heterocycles. The molecule has 7 nitrogen and oxygen atoms in total. The number of fused-ring (bicyclic) bond motifs is 1. The van der Waals surface area contributed by atoms with Crippen LogP contribution in [0.3, 0.4) is 0 Å². The van der Waals surface area contributed by atoms with Gasteiger partial charge in [-0.1, -0.05) is 0 Å². The van der Waals surface area contributed by atoms with Crippen LogP contribution in [0.2, 0.25) is 0 Å². The summed E-state index contributed by atoms with van der Waals surface area (Å²) in [6.07, 6.45) is 2.11. The quantitative estimate of drug-likeness (QED) is 0.532. The van der Waals surface area contributed by atoms with Crippen molar-refractivity contribution in [2.75, 3.05) is 24.2 Å². The first-order valence-electron chi connectivity index (χ1n) is 6.80. The second-order valence-electron chi connectivity index (χ2n) is 4.75. The number of nitrogens with one attached hydrogen (secondary N) is 2. The summed E-state index contributed by atoms with van der Waals surface area (Å²) in [4.78, 5) is 8.25. The molecule has 22 heavy (non-hydrogen) atoms. The lowest BCUT2D eigenvalue weighted by molar-refractivity contribution is 0.292. The van der Waals surface area contributed by atoms with Crippen LogP contribution in [0, 0.1) is 5.82 Å². The van der Waals surface area contributed by atoms with Crippen LogP contribution < -0.4 is 11.1 Å². The third-order valence-electron chi connectivity index (χ3n) is 3.22. The lowest BCUT2D eigenvalue weighted by atomic mass is 10.1. The highest BCUT2D eigenvalue weighted by Gasteiger charge is 2.13. The van der Waals surface area contributed by atoms with Crippen LogP contribution in [0.15, 0.2) is 24.4 Å². The number of hydrogen-bond donors (Lipinski definition) is 4. The summed E-state index contributed by atoms with van der Waals surface area (Å²) in [5, 5.41) is 18.9. The second-order valence-corrected chi connectivity index (χ2v) is 4.75. The molecule has 0 saturated heterocycles. The number of anilines is 2. The molecule has 2 aromatic heterocycles. The highest BCUT2D eigenvalue weighted by molar-refractivity contribution is 5.92. The predicted octanol–water partition coefficient (Wildman–Crippen LogP) is 1.54. The SMILES string of the molecule is Nc1nc(NCCCO)c2cc(F)c(-c3ccn[nH]3)cc2n1. The number of aromatic amines is 1. The fourth-order valence-corrected chi connectivity index (χ4v) is 2.20. The first-order chi connectivity index (χ1) is 10.7. The van der Waals surface area contributed by atoms with E-state index in [2.05, 4.69) is 25.5 Å². The third-order valence-corrected chi connectivity index (χ3v) is 3.22. The summed E-state index contributed by atoms with van der Waals surface area (Å²) in [7, 11) is 0. The minimum absolute atomic E-state index is 0.0594. The van der Waals surface area contributed by atoms with Crippen LogP contribution in [0.5, 0.6) is 0 Å². The minimum atomic E-state index is -0.407. The number of nitrogen functional groups attached to an aromatic ring is 1. The third kappa shape index (κ3) is 2.68. The predicted molar refractivity (Wildman–Crippen MR) is 81.7 cm³/mol. The summed E-state index contributed by atoms with van der Waals surface area (Å²) in [5.74, 6) is 0.141. The van der Waals surface area contributed by atoms with Gasteiger partial charge in [0.15, 0.2) is 0 Å². The van der Waals surface area contributed by atoms with Crippen molar-refractivity contribution in [2.24, 2.45) is 0 Å². The maximum Gasteiger partial charge on any atom is 0.222 e. The van der Waals surface area contributed by atoms with Crippen LogP contribution in [0.4, 0.5) is 16.2 Å². The number of aliphatic hydroxyl groups is 1. The Kier molecular flexibility index (Phi) is 3.84. The van der Waals surface area contributed by atoms with E-state index in [9.17, 15) is 4.39 Å². The zero-order chi connectivity index (χ0) is 15.5. The average Bonchev–Trinajstić information content (AvgIpc) is 3.01. The van der Waals surface area contributed by atoms with Crippen molar-refractivity contribution < 1.29 is 9.50 Å². The molecule has 0 atom stereocenters. The van der Waals surface area contributed by atoms with Crippen molar-refractivity contribution in [3.05, 3.63) is 30.2 Å². The molecule has 0 radical (unpaired) electrons. The Hall–Kier alpha value is -2.74. The molecule has 0 saturated carbocycles. The molecule has 0 amide bonds. The first kappa shape index (κ1) is 14.2. The van der Waals surface area contributed by atoms with Crippen LogP contribution in [-0.2, 0) is 0 Å². The van der Waals surface area contributed by atoms with E-state index in [1.165, 1.54) is 6.07 Å². The number of H-pyrrole nitrogens is 1. The summed E-state index contributed by atoms with van der Waals surface area (Å²) in [6.45, 7) is 0.565. The molecule has 0 unspecified atom stereocenters. The number of halogens is 1. The summed E-state index contributed by atoms with van der Waals surface area (Å²) < 4.78 is 14.3. The molecular weight excluding hydrogens is 287 g/mol. The van der Waals surface area contributed by atoms with Gasteiger partial charge >= 0.3 is 0 Å². The fraction of sp³-hybridized carbons (Fsp3) is 0.214. The van der Waals surface area contributed by atoms with Crippen LogP contribution >= 0.6 is 0 Å². The molecule has 0 fully saturated rings. The van der Waals surface area contributed by atoms with Gasteiger partial charge < -0.3 is 16.2 Å². The van der Waals surface area contributed by atoms with Gasteiger partial charge in [0.1, 0.15) is 11.6 Å². The number of aliphatic hydroxyl groups excluding tert-OH is 1. The van der Waals surface area contributed by atoms with E-state index >= 15 is 0 Å². The molecule has 0 aliphatic carbocycles. The lowest BCUT2D eigenvalue weighted by Gasteiger charge is -2.10. The van der Waals surface area contributed by atoms with Gasteiger partial charge in [0.25, 0.3) is 0 Å². The molecule has 3 rings (SSSR count). The van der Waals surface area contributed by atoms with E-state index < -0.39 is 5.82 Å². The van der Waals surface area contributed by atoms with Crippen molar-refractivity contribution in [2.45, 2.75) is 6.42 Å². The molecule has 8 heteroatoms. The van der Waals surface area contributed by atoms with E-state index in [0.29, 0.717) is 40.9 Å². The van der Waals surface area contributed by atoms with Crippen LogP contribution in [0.1, 0.15) is 6.42 Å². The Balaban J connectivity index is 2.09. The van der Waals surface area contributed by atoms with Gasteiger partial charge in [-0.05, 0) is 24.6 Å². The molecule has 5 N–H and O–H groups in total. The minimum Gasteiger partial charge on any atom is -0.396 e. The summed E-state index contributed by atoms with van der Waals surface area (Å²) in [5.41, 5.74) is 7.17. The normalized spacial score (nSPS) is 11.0. The average molecular weight is 302 g/mol. The molecule has 0 bridgehead atoms. The monoisotopic (exact) mass is 302 g/mol. The Morgan fingerprint density at radius 2 is 2.18 bits per heavy atom. The first-order valence-corrected chi connectivity index (χ1v) is 6.80. The number of hydrogen-bond acceptors (Lipinski definition) is 6. The topological polar surface area (TPSA) is 113 Å². The maximum absolute atomic E-state index is 14.3. The smallest absolute Gasteiger partial charge is 0.222 e. The van der Waals surface area contributed by atoms with Gasteiger partial charge in [-0.3, -0.25) is 5.10 Å². The van der Waals surface area contributed by atoms with Crippen molar-refractivity contribution in [3.8, 4) is 11.3 Å². The Morgan fingerprint density at radius 1 is 1.32 bits per heavy atom. The van der Waals surface area contributed by atoms with Gasteiger partial charge in [-0.25, -0.2) is 9.37 Å². The number of nitrogens with two attached hydrogens (primary N) is 1. The zero-order valence-corrected chi connectivity index (χ0v) is 11.7. The van der Waals surface area contributed by atoms with E-state index in [1.54, 1.807) is 18.3 Å². The van der Waals surface area contributed by atoms with Crippen molar-refractivity contribution in [3.63, 3.8) is 0 Å². The van der Waals surface area contributed by atoms with Gasteiger partial charge in [0.2, 0.25) is 5.95 Å². The van der Waals surface area contributed by atoms with Crippen molar-refractivity contribution >= 4 is 22.7 Å². The Labute approximate surface area is 125 Å². The Morgan fingerprint density at radius 3 is 2.91 bits per heavy atom. The van der Waals surface area contributed by atoms with Gasteiger partial charge in [0.05, 0.1) is 11.2 Å². The van der Waals surface area contributed by atoms with E-state index in [4.69, 9.17) is 10.8 Å². The van der Waals surface area contributed by atoms with Gasteiger partial charge in [-0.15, -0.1) is 0 Å². The van der Waals surface area contributed by atoms with E-state index in [-0.39, 0.29) is 12.6 Å². The van der Waals surface area contributed by atoms with Crippen molar-refractivity contribution in [1.82, 2.24) is 20.2 Å². The number of nitrogens with zero attached hydrogens (tertiary/aromatic N) is 3. The molecule has 0 aliphatic rings. The van der Waals surface area contributed by atoms with E-state index in [0.717, 1.165) is 0 Å². The standard InChI is InChI=1S/C14H15FN6O/c15-10-6-9-12(7-8(10)11-2-4-18-21-11)19-14(16)20-13(9)17-3-1-5-22/h2,4,6-7,22H,1,3,5H2,(H,18,21)(H3,16,17,19,20). The van der Waals surface area contributed by atoms with Crippen molar-refractivity contribution in [1.29, 1.82) is 0 Å². The molecule has 0 spiro atoms. The van der Waals surface area contributed by atoms with Crippen LogP contribution in [0.25, 0.3) is 22.2 Å². The van der Waals surface area contributed by atoms with Gasteiger partial charge in [-0.2, -0.15) is 10.1 Å². The fourth-order valence-electron chi connectivity index (χ4n) is 2.20.